The normalized spacial score (nSPS) is 15.9. The molecule has 2 aromatic rings. The van der Waals surface area contributed by atoms with E-state index in [0.717, 1.165) is 11.3 Å². The second-order valence-electron chi connectivity index (χ2n) is 6.57. The molecular formula is C17H19ClN4O5S2. The van der Waals surface area contributed by atoms with E-state index in [1.807, 2.05) is 4.90 Å². The number of nitro benzene ring substituents is 1. The third kappa shape index (κ3) is 5.73. The molecule has 156 valence electrons. The van der Waals surface area contributed by atoms with Crippen molar-refractivity contribution in [1.82, 2.24) is 9.62 Å². The Morgan fingerprint density at radius 1 is 1.31 bits per heavy atom. The summed E-state index contributed by atoms with van der Waals surface area (Å²) in [5.41, 5.74) is -0.185. The highest BCUT2D eigenvalue weighted by Crippen LogP contribution is 2.27. The predicted octanol–water partition coefficient (Wildman–Crippen LogP) is 2.69. The van der Waals surface area contributed by atoms with Crippen LogP contribution in [0.4, 0.5) is 11.4 Å². The maximum atomic E-state index is 12.3. The lowest BCUT2D eigenvalue weighted by Gasteiger charge is -2.31. The quantitative estimate of drug-likeness (QED) is 0.486. The first-order valence-electron chi connectivity index (χ1n) is 8.76. The van der Waals surface area contributed by atoms with Crippen molar-refractivity contribution in [2.75, 3.05) is 25.0 Å². The minimum Gasteiger partial charge on any atom is -0.319 e. The zero-order valence-corrected chi connectivity index (χ0v) is 17.6. The number of carbonyl (C=O) groups is 1. The lowest BCUT2D eigenvalue weighted by Crippen LogP contribution is -2.46. The molecule has 2 heterocycles. The lowest BCUT2D eigenvalue weighted by atomic mass is 10.1. The molecule has 12 heteroatoms. The Morgan fingerprint density at radius 2 is 2.03 bits per heavy atom. The van der Waals surface area contributed by atoms with Crippen LogP contribution in [0.15, 0.2) is 39.9 Å². The van der Waals surface area contributed by atoms with E-state index in [4.69, 9.17) is 11.6 Å². The van der Waals surface area contributed by atoms with Crippen molar-refractivity contribution >= 4 is 50.2 Å². The molecule has 1 aromatic heterocycles. The average molecular weight is 459 g/mol. The summed E-state index contributed by atoms with van der Waals surface area (Å²) in [4.78, 5) is 24.7. The van der Waals surface area contributed by atoms with Gasteiger partial charge in [0.15, 0.2) is 0 Å². The van der Waals surface area contributed by atoms with Crippen molar-refractivity contribution in [3.8, 4) is 0 Å². The molecule has 0 atom stereocenters. The number of halogens is 1. The van der Waals surface area contributed by atoms with E-state index in [-0.39, 0.29) is 39.1 Å². The molecule has 1 aromatic carbocycles. The van der Waals surface area contributed by atoms with Gasteiger partial charge in [-0.1, -0.05) is 17.7 Å². The number of hydrogen-bond donors (Lipinski definition) is 2. The van der Waals surface area contributed by atoms with Crippen LogP contribution < -0.4 is 10.0 Å². The van der Waals surface area contributed by atoms with Crippen molar-refractivity contribution in [3.63, 3.8) is 0 Å². The van der Waals surface area contributed by atoms with Crippen molar-refractivity contribution < 1.29 is 18.1 Å². The molecular weight excluding hydrogens is 440 g/mol. The Morgan fingerprint density at radius 3 is 2.66 bits per heavy atom. The molecule has 0 saturated carbocycles. The van der Waals surface area contributed by atoms with Gasteiger partial charge in [-0.15, -0.1) is 11.3 Å². The van der Waals surface area contributed by atoms with Crippen LogP contribution in [-0.4, -0.2) is 49.8 Å². The fourth-order valence-electron chi connectivity index (χ4n) is 3.06. The van der Waals surface area contributed by atoms with Crippen LogP contribution >= 0.6 is 22.9 Å². The first kappa shape index (κ1) is 21.7. The molecule has 1 aliphatic rings. The molecule has 1 aliphatic heterocycles. The number of hydrogen-bond acceptors (Lipinski definition) is 7. The number of nitrogens with one attached hydrogen (secondary N) is 2. The van der Waals surface area contributed by atoms with Crippen LogP contribution in [0.25, 0.3) is 0 Å². The third-order valence-corrected chi connectivity index (χ3v) is 7.62. The second kappa shape index (κ2) is 9.18. The van der Waals surface area contributed by atoms with Crippen molar-refractivity contribution in [2.45, 2.75) is 23.1 Å². The first-order valence-corrected chi connectivity index (χ1v) is 11.5. The van der Waals surface area contributed by atoms with Crippen LogP contribution in [0.1, 0.15) is 12.8 Å². The van der Waals surface area contributed by atoms with Crippen molar-refractivity contribution in [2.24, 2.45) is 0 Å². The van der Waals surface area contributed by atoms with E-state index in [1.165, 1.54) is 18.2 Å². The van der Waals surface area contributed by atoms with Gasteiger partial charge in [-0.2, -0.15) is 0 Å². The molecule has 1 saturated heterocycles. The highest BCUT2D eigenvalue weighted by molar-refractivity contribution is 7.91. The molecule has 2 N–H and O–H groups in total. The van der Waals surface area contributed by atoms with E-state index >= 15 is 0 Å². The largest absolute Gasteiger partial charge is 0.319 e. The Balaban J connectivity index is 1.51. The molecule has 29 heavy (non-hydrogen) atoms. The molecule has 9 nitrogen and oxygen atoms in total. The monoisotopic (exact) mass is 458 g/mol. The van der Waals surface area contributed by atoms with Crippen LogP contribution in [0.3, 0.4) is 0 Å². The standard InChI is InChI=1S/C17H19ClN4O5S2/c18-12-3-4-14(15(10-12)22(24)25)19-16(23)11-21-7-5-13(6-8-21)20-29(26,27)17-2-1-9-28-17/h1-4,9-10,13,20H,5-8,11H2,(H,19,23). The number of anilines is 1. The third-order valence-electron chi connectivity index (χ3n) is 4.47. The van der Waals surface area contributed by atoms with Gasteiger partial charge in [0.05, 0.1) is 11.5 Å². The first-order chi connectivity index (χ1) is 13.7. The summed E-state index contributed by atoms with van der Waals surface area (Å²) >= 11 is 6.93. The number of likely N-dealkylation sites (tertiary alicyclic amines) is 1. The number of rotatable bonds is 7. The molecule has 1 fully saturated rings. The summed E-state index contributed by atoms with van der Waals surface area (Å²) in [6, 6.07) is 7.09. The summed E-state index contributed by atoms with van der Waals surface area (Å²) in [5, 5.41) is 15.6. The number of piperidine rings is 1. The summed E-state index contributed by atoms with van der Waals surface area (Å²) in [6.45, 7) is 1.13. The number of benzene rings is 1. The summed E-state index contributed by atoms with van der Waals surface area (Å²) < 4.78 is 27.6. The summed E-state index contributed by atoms with van der Waals surface area (Å²) in [6.07, 6.45) is 1.14. The van der Waals surface area contributed by atoms with Gasteiger partial charge in [0.25, 0.3) is 5.69 Å². The van der Waals surface area contributed by atoms with Crippen LogP contribution in [-0.2, 0) is 14.8 Å². The smallest absolute Gasteiger partial charge is 0.294 e. The van der Waals surface area contributed by atoms with Crippen LogP contribution in [0.2, 0.25) is 5.02 Å². The molecule has 3 rings (SSSR count). The molecule has 0 unspecified atom stereocenters. The molecule has 0 radical (unpaired) electrons. The zero-order chi connectivity index (χ0) is 21.0. The maximum Gasteiger partial charge on any atom is 0.294 e. The number of thiophene rings is 1. The second-order valence-corrected chi connectivity index (χ2v) is 9.90. The van der Waals surface area contributed by atoms with Gasteiger partial charge in [0, 0.05) is 30.2 Å². The number of amides is 1. The fourth-order valence-corrected chi connectivity index (χ4v) is 5.54. The summed E-state index contributed by atoms with van der Waals surface area (Å²) in [7, 11) is -3.52. The predicted molar refractivity (Wildman–Crippen MR) is 111 cm³/mol. The van der Waals surface area contributed by atoms with Gasteiger partial charge in [-0.05, 0) is 36.4 Å². The van der Waals surface area contributed by atoms with E-state index in [1.54, 1.807) is 17.5 Å². The minimum absolute atomic E-state index is 0.0597. The van der Waals surface area contributed by atoms with E-state index in [2.05, 4.69) is 10.0 Å². The van der Waals surface area contributed by atoms with E-state index in [0.29, 0.717) is 25.9 Å². The topological polar surface area (TPSA) is 122 Å². The van der Waals surface area contributed by atoms with Gasteiger partial charge < -0.3 is 5.32 Å². The Bertz CT molecular complexity index is 989. The van der Waals surface area contributed by atoms with Gasteiger partial charge in [-0.25, -0.2) is 13.1 Å². The Labute approximate surface area is 176 Å². The fraction of sp³-hybridized carbons (Fsp3) is 0.353. The van der Waals surface area contributed by atoms with Crippen molar-refractivity contribution in [3.05, 3.63) is 50.8 Å². The Hall–Kier alpha value is -2.05. The SMILES string of the molecule is O=C(CN1CCC(NS(=O)(=O)c2cccs2)CC1)Nc1ccc(Cl)cc1[N+](=O)[O-]. The maximum absolute atomic E-state index is 12.3. The van der Waals surface area contributed by atoms with Crippen LogP contribution in [0.5, 0.6) is 0 Å². The zero-order valence-electron chi connectivity index (χ0n) is 15.2. The van der Waals surface area contributed by atoms with Gasteiger partial charge >= 0.3 is 0 Å². The van der Waals surface area contributed by atoms with Crippen molar-refractivity contribution in [1.29, 1.82) is 0 Å². The molecule has 0 spiro atoms. The van der Waals surface area contributed by atoms with Crippen LogP contribution in [0, 0.1) is 10.1 Å². The minimum atomic E-state index is -3.52. The summed E-state index contributed by atoms with van der Waals surface area (Å²) in [5.74, 6) is -0.381. The van der Waals surface area contributed by atoms with E-state index < -0.39 is 14.9 Å². The Kier molecular flexibility index (Phi) is 6.85. The number of nitro groups is 1. The number of nitrogens with zero attached hydrogens (tertiary/aromatic N) is 2. The molecule has 0 aliphatic carbocycles. The van der Waals surface area contributed by atoms with Gasteiger partial charge in [0.1, 0.15) is 9.90 Å². The highest BCUT2D eigenvalue weighted by Gasteiger charge is 2.26. The van der Waals surface area contributed by atoms with Gasteiger partial charge in [0.2, 0.25) is 15.9 Å². The van der Waals surface area contributed by atoms with Gasteiger partial charge in [-0.3, -0.25) is 19.8 Å². The lowest BCUT2D eigenvalue weighted by molar-refractivity contribution is -0.383. The number of carbonyl (C=O) groups excluding carboxylic acids is 1. The molecule has 1 amide bonds. The average Bonchev–Trinajstić information content (AvgIpc) is 3.20. The number of sulfonamides is 1. The van der Waals surface area contributed by atoms with E-state index in [9.17, 15) is 23.3 Å². The molecule has 0 bridgehead atoms. The highest BCUT2D eigenvalue weighted by atomic mass is 35.5.